The van der Waals surface area contributed by atoms with Crippen molar-refractivity contribution in [3.05, 3.63) is 52.9 Å². The number of pyridine rings is 1. The summed E-state index contributed by atoms with van der Waals surface area (Å²) in [5.74, 6) is 1.01. The molecule has 1 amide bonds. The number of aromatic nitrogens is 3. The molecule has 0 radical (unpaired) electrons. The number of alkyl halides is 1. The molecule has 10 heteroatoms. The minimum Gasteiger partial charge on any atom is -0.355 e. The van der Waals surface area contributed by atoms with E-state index in [9.17, 15) is 9.18 Å². The molecular weight excluding hydrogens is 411 g/mol. The van der Waals surface area contributed by atoms with Crippen LogP contribution in [0.1, 0.15) is 58.8 Å². The summed E-state index contributed by atoms with van der Waals surface area (Å²) in [5.41, 5.74) is 2.98. The van der Waals surface area contributed by atoms with Crippen LogP contribution in [0, 0.1) is 6.92 Å². The summed E-state index contributed by atoms with van der Waals surface area (Å²) in [6.07, 6.45) is 3.52. The number of halogens is 1. The lowest BCUT2D eigenvalue weighted by atomic mass is 9.87. The van der Waals surface area contributed by atoms with E-state index in [1.807, 2.05) is 19.9 Å². The van der Waals surface area contributed by atoms with Crippen molar-refractivity contribution < 1.29 is 9.18 Å². The highest BCUT2D eigenvalue weighted by Crippen LogP contribution is 2.30. The minimum atomic E-state index is -1.00. The van der Waals surface area contributed by atoms with Gasteiger partial charge in [0, 0.05) is 43.1 Å². The van der Waals surface area contributed by atoms with Gasteiger partial charge in [-0.15, -0.1) is 0 Å². The lowest BCUT2D eigenvalue weighted by molar-refractivity contribution is 0.0943. The van der Waals surface area contributed by atoms with E-state index in [1.165, 1.54) is 0 Å². The lowest BCUT2D eigenvalue weighted by Gasteiger charge is -2.32. The van der Waals surface area contributed by atoms with Crippen LogP contribution in [0.3, 0.4) is 0 Å². The van der Waals surface area contributed by atoms with Crippen molar-refractivity contribution in [1.29, 1.82) is 0 Å². The first kappa shape index (κ1) is 22.1. The summed E-state index contributed by atoms with van der Waals surface area (Å²) >= 11 is 0. The number of hydrogen-bond acceptors (Lipinski definition) is 8. The number of nitrogens with one attached hydrogen (secondary N) is 4. The SMILES string of the molecule is Cc1cnc(CNC(=O)c2cc(CNC3=NCCN3)cc(C3CCC(F)NC3C)n2)nc1. The summed E-state index contributed by atoms with van der Waals surface area (Å²) in [6.45, 7) is 6.14. The van der Waals surface area contributed by atoms with Crippen LogP contribution in [0.4, 0.5) is 4.39 Å². The fraction of sp³-hybridized carbons (Fsp3) is 0.500. The first-order valence-corrected chi connectivity index (χ1v) is 11.0. The molecule has 0 bridgehead atoms. The molecule has 2 aliphatic heterocycles. The predicted molar refractivity (Wildman–Crippen MR) is 119 cm³/mol. The molecule has 32 heavy (non-hydrogen) atoms. The largest absolute Gasteiger partial charge is 0.355 e. The van der Waals surface area contributed by atoms with E-state index in [-0.39, 0.29) is 24.4 Å². The zero-order chi connectivity index (χ0) is 22.5. The van der Waals surface area contributed by atoms with Gasteiger partial charge >= 0.3 is 0 Å². The molecule has 4 heterocycles. The van der Waals surface area contributed by atoms with Crippen molar-refractivity contribution in [2.24, 2.45) is 4.99 Å². The van der Waals surface area contributed by atoms with Crippen LogP contribution in [-0.4, -0.2) is 52.2 Å². The van der Waals surface area contributed by atoms with Crippen LogP contribution in [0.25, 0.3) is 0 Å². The van der Waals surface area contributed by atoms with Gasteiger partial charge in [0.15, 0.2) is 12.3 Å². The number of piperidine rings is 1. The molecule has 4 rings (SSSR count). The van der Waals surface area contributed by atoms with E-state index in [1.54, 1.807) is 18.5 Å². The third-order valence-electron chi connectivity index (χ3n) is 5.67. The number of aliphatic imine (C=N–C) groups is 1. The summed E-state index contributed by atoms with van der Waals surface area (Å²) in [7, 11) is 0. The number of hydrogen-bond donors (Lipinski definition) is 4. The maximum atomic E-state index is 13.8. The molecule has 2 aliphatic rings. The van der Waals surface area contributed by atoms with Crippen LogP contribution in [0.2, 0.25) is 0 Å². The van der Waals surface area contributed by atoms with E-state index in [4.69, 9.17) is 0 Å². The Morgan fingerprint density at radius 1 is 1.22 bits per heavy atom. The van der Waals surface area contributed by atoms with Gasteiger partial charge in [-0.2, -0.15) is 0 Å². The number of amides is 1. The normalized spacial score (nSPS) is 22.7. The van der Waals surface area contributed by atoms with Gasteiger partial charge in [-0.25, -0.2) is 19.3 Å². The number of carbonyl (C=O) groups excluding carboxylic acids is 1. The van der Waals surface area contributed by atoms with E-state index < -0.39 is 6.30 Å². The van der Waals surface area contributed by atoms with Gasteiger partial charge in [0.2, 0.25) is 0 Å². The molecule has 0 saturated carbocycles. The minimum absolute atomic E-state index is 0.0240. The molecule has 0 aromatic carbocycles. The van der Waals surface area contributed by atoms with Gasteiger partial charge in [-0.1, -0.05) is 0 Å². The highest BCUT2D eigenvalue weighted by Gasteiger charge is 2.29. The Morgan fingerprint density at radius 2 is 2.03 bits per heavy atom. The van der Waals surface area contributed by atoms with Gasteiger partial charge < -0.3 is 16.0 Å². The van der Waals surface area contributed by atoms with Crippen molar-refractivity contribution in [1.82, 2.24) is 36.2 Å². The maximum absolute atomic E-state index is 13.8. The summed E-state index contributed by atoms with van der Waals surface area (Å²) in [6, 6.07) is 3.69. The average Bonchev–Trinajstić information content (AvgIpc) is 3.30. The Hall–Kier alpha value is -3.14. The fourth-order valence-corrected chi connectivity index (χ4v) is 3.95. The summed E-state index contributed by atoms with van der Waals surface area (Å²) in [5, 5.41) is 12.2. The van der Waals surface area contributed by atoms with Crippen LogP contribution in [0.15, 0.2) is 29.5 Å². The van der Waals surface area contributed by atoms with E-state index in [2.05, 4.69) is 41.2 Å². The molecule has 0 spiro atoms. The number of nitrogens with zero attached hydrogens (tertiary/aromatic N) is 4. The van der Waals surface area contributed by atoms with Crippen LogP contribution < -0.4 is 21.3 Å². The molecule has 4 N–H and O–H groups in total. The first-order chi connectivity index (χ1) is 15.5. The van der Waals surface area contributed by atoms with Crippen LogP contribution >= 0.6 is 0 Å². The second-order valence-corrected chi connectivity index (χ2v) is 8.26. The maximum Gasteiger partial charge on any atom is 0.270 e. The summed E-state index contributed by atoms with van der Waals surface area (Å²) in [4.78, 5) is 30.3. The van der Waals surface area contributed by atoms with Crippen molar-refractivity contribution in [3.63, 3.8) is 0 Å². The van der Waals surface area contributed by atoms with Gasteiger partial charge in [0.1, 0.15) is 11.5 Å². The topological polar surface area (TPSA) is 116 Å². The van der Waals surface area contributed by atoms with Crippen LogP contribution in [-0.2, 0) is 13.1 Å². The van der Waals surface area contributed by atoms with Crippen molar-refractivity contribution in [2.75, 3.05) is 13.1 Å². The molecule has 0 aliphatic carbocycles. The molecule has 2 aromatic rings. The lowest BCUT2D eigenvalue weighted by Crippen LogP contribution is -2.43. The smallest absolute Gasteiger partial charge is 0.270 e. The highest BCUT2D eigenvalue weighted by atomic mass is 19.1. The quantitative estimate of drug-likeness (QED) is 0.501. The van der Waals surface area contributed by atoms with Crippen molar-refractivity contribution >= 4 is 11.9 Å². The number of rotatable bonds is 6. The third-order valence-corrected chi connectivity index (χ3v) is 5.67. The number of guanidine groups is 1. The van der Waals surface area contributed by atoms with E-state index in [0.29, 0.717) is 30.9 Å². The molecule has 3 atom stereocenters. The third kappa shape index (κ3) is 5.56. The molecule has 1 fully saturated rings. The van der Waals surface area contributed by atoms with Gasteiger partial charge in [-0.3, -0.25) is 15.1 Å². The van der Waals surface area contributed by atoms with Crippen LogP contribution in [0.5, 0.6) is 0 Å². The molecule has 170 valence electrons. The average molecular weight is 441 g/mol. The van der Waals surface area contributed by atoms with Gasteiger partial charge in [0.05, 0.1) is 13.1 Å². The van der Waals surface area contributed by atoms with Crippen molar-refractivity contribution in [2.45, 2.75) is 58.0 Å². The monoisotopic (exact) mass is 440 g/mol. The second kappa shape index (κ2) is 9.99. The Labute approximate surface area is 186 Å². The highest BCUT2D eigenvalue weighted by molar-refractivity contribution is 5.92. The van der Waals surface area contributed by atoms with E-state index in [0.717, 1.165) is 35.9 Å². The van der Waals surface area contributed by atoms with Gasteiger partial charge in [-0.05, 0) is 49.9 Å². The molecule has 2 aromatic heterocycles. The first-order valence-electron chi connectivity index (χ1n) is 11.0. The van der Waals surface area contributed by atoms with Crippen molar-refractivity contribution in [3.8, 4) is 0 Å². The standard InChI is InChI=1S/C22H29FN8O/c1-13-9-26-20(27-10-13)12-28-21(32)18-8-15(11-29-22-24-5-6-25-22)7-17(31-18)16-3-4-19(23)30-14(16)2/h7-10,14,16,19,30H,3-6,11-12H2,1-2H3,(H,28,32)(H2,24,25,29). The van der Waals surface area contributed by atoms with E-state index >= 15 is 0 Å². The molecule has 9 nitrogen and oxygen atoms in total. The molecular formula is C22H29FN8O. The zero-order valence-corrected chi connectivity index (χ0v) is 18.4. The predicted octanol–water partition coefficient (Wildman–Crippen LogP) is 1.31. The Balaban J connectivity index is 1.52. The Morgan fingerprint density at radius 3 is 2.75 bits per heavy atom. The summed E-state index contributed by atoms with van der Waals surface area (Å²) < 4.78 is 13.8. The number of carbonyl (C=O) groups is 1. The fourth-order valence-electron chi connectivity index (χ4n) is 3.95. The molecule has 1 saturated heterocycles. The Bertz CT molecular complexity index is 980. The Kier molecular flexibility index (Phi) is 6.89. The van der Waals surface area contributed by atoms with Gasteiger partial charge in [0.25, 0.3) is 5.91 Å². The molecule has 3 unspecified atom stereocenters. The second-order valence-electron chi connectivity index (χ2n) is 8.26. The number of aryl methyl sites for hydroxylation is 1. The zero-order valence-electron chi connectivity index (χ0n) is 18.4.